The molecule has 78 valence electrons. The highest BCUT2D eigenvalue weighted by molar-refractivity contribution is 6.19. The molecule has 1 aliphatic rings. The van der Waals surface area contributed by atoms with Crippen molar-refractivity contribution in [1.29, 1.82) is 0 Å². The van der Waals surface area contributed by atoms with Crippen molar-refractivity contribution in [2.24, 2.45) is 0 Å². The standard InChI is InChI=1S/C10H15NO3/c1-6-7(2)9(14)11(8(6)13)10(3,4)5-12/h12H,5H2,1-4H3. The highest BCUT2D eigenvalue weighted by Crippen LogP contribution is 2.27. The number of imide groups is 1. The molecule has 4 nitrogen and oxygen atoms in total. The Bertz CT molecular complexity index is 304. The predicted octanol–water partition coefficient (Wildman–Crippen LogP) is 0.462. The molecule has 0 aromatic rings. The van der Waals surface area contributed by atoms with Crippen molar-refractivity contribution in [3.63, 3.8) is 0 Å². The number of aliphatic hydroxyl groups excluding tert-OH is 1. The summed E-state index contributed by atoms with van der Waals surface area (Å²) in [6.45, 7) is 6.35. The van der Waals surface area contributed by atoms with E-state index >= 15 is 0 Å². The lowest BCUT2D eigenvalue weighted by Crippen LogP contribution is -2.50. The fourth-order valence-corrected chi connectivity index (χ4v) is 1.37. The molecule has 0 saturated carbocycles. The largest absolute Gasteiger partial charge is 0.394 e. The molecule has 0 aromatic heterocycles. The van der Waals surface area contributed by atoms with Crippen LogP contribution in [0, 0.1) is 0 Å². The number of hydrogen-bond donors (Lipinski definition) is 1. The van der Waals surface area contributed by atoms with Crippen LogP contribution in [0.25, 0.3) is 0 Å². The molecule has 1 heterocycles. The first-order chi connectivity index (χ1) is 6.33. The summed E-state index contributed by atoms with van der Waals surface area (Å²) in [5, 5.41) is 9.10. The maximum atomic E-state index is 11.7. The van der Waals surface area contributed by atoms with Gasteiger partial charge in [-0.3, -0.25) is 14.5 Å². The molecule has 2 amide bonds. The van der Waals surface area contributed by atoms with E-state index in [0.29, 0.717) is 11.1 Å². The van der Waals surface area contributed by atoms with Gasteiger partial charge in [-0.25, -0.2) is 0 Å². The second-order valence-electron chi connectivity index (χ2n) is 4.17. The smallest absolute Gasteiger partial charge is 0.257 e. The average Bonchev–Trinajstić information content (AvgIpc) is 2.31. The van der Waals surface area contributed by atoms with Gasteiger partial charge in [0, 0.05) is 11.1 Å². The molecular weight excluding hydrogens is 182 g/mol. The lowest BCUT2D eigenvalue weighted by Gasteiger charge is -2.32. The molecule has 0 spiro atoms. The van der Waals surface area contributed by atoms with Crippen LogP contribution in [0.4, 0.5) is 0 Å². The fraction of sp³-hybridized carbons (Fsp3) is 0.600. The molecule has 0 aliphatic carbocycles. The third-order valence-corrected chi connectivity index (χ3v) is 2.60. The lowest BCUT2D eigenvalue weighted by molar-refractivity contribution is -0.145. The molecule has 0 unspecified atom stereocenters. The summed E-state index contributed by atoms with van der Waals surface area (Å²) in [5.74, 6) is -0.599. The number of aliphatic hydroxyl groups is 1. The Kier molecular flexibility index (Phi) is 2.50. The second kappa shape index (κ2) is 3.20. The number of nitrogens with zero attached hydrogens (tertiary/aromatic N) is 1. The van der Waals surface area contributed by atoms with Crippen LogP contribution in [0.15, 0.2) is 11.1 Å². The van der Waals surface area contributed by atoms with Crippen LogP contribution in [0.2, 0.25) is 0 Å². The van der Waals surface area contributed by atoms with E-state index in [9.17, 15) is 9.59 Å². The van der Waals surface area contributed by atoms with Gasteiger partial charge in [0.1, 0.15) is 0 Å². The molecule has 0 saturated heterocycles. The first-order valence-corrected chi connectivity index (χ1v) is 4.50. The van der Waals surface area contributed by atoms with Crippen LogP contribution in [-0.4, -0.2) is 34.0 Å². The molecule has 0 bridgehead atoms. The van der Waals surface area contributed by atoms with E-state index in [1.165, 1.54) is 0 Å². The third-order valence-electron chi connectivity index (χ3n) is 2.60. The molecule has 0 fully saturated rings. The van der Waals surface area contributed by atoms with Gasteiger partial charge in [-0.15, -0.1) is 0 Å². The van der Waals surface area contributed by atoms with Crippen LogP contribution in [0.5, 0.6) is 0 Å². The molecule has 1 rings (SSSR count). The van der Waals surface area contributed by atoms with Crippen molar-refractivity contribution >= 4 is 11.8 Å². The number of hydrogen-bond acceptors (Lipinski definition) is 3. The third kappa shape index (κ3) is 1.35. The molecule has 1 aliphatic heterocycles. The van der Waals surface area contributed by atoms with Gasteiger partial charge in [-0.1, -0.05) is 0 Å². The molecule has 14 heavy (non-hydrogen) atoms. The van der Waals surface area contributed by atoms with Gasteiger partial charge < -0.3 is 5.11 Å². The molecule has 0 aromatic carbocycles. The van der Waals surface area contributed by atoms with Gasteiger partial charge in [-0.05, 0) is 27.7 Å². The number of carbonyl (C=O) groups is 2. The maximum absolute atomic E-state index is 11.7. The van der Waals surface area contributed by atoms with Crippen molar-refractivity contribution < 1.29 is 14.7 Å². The van der Waals surface area contributed by atoms with Gasteiger partial charge in [0.25, 0.3) is 11.8 Å². The van der Waals surface area contributed by atoms with Crippen LogP contribution in [0.1, 0.15) is 27.7 Å². The second-order valence-corrected chi connectivity index (χ2v) is 4.17. The summed E-state index contributed by atoms with van der Waals surface area (Å²) in [5.41, 5.74) is 0.112. The van der Waals surface area contributed by atoms with Crippen LogP contribution in [0.3, 0.4) is 0 Å². The van der Waals surface area contributed by atoms with Crippen molar-refractivity contribution in [2.45, 2.75) is 33.2 Å². The Morgan fingerprint density at radius 2 is 1.50 bits per heavy atom. The maximum Gasteiger partial charge on any atom is 0.257 e. The number of rotatable bonds is 2. The summed E-state index contributed by atoms with van der Waals surface area (Å²) in [6.07, 6.45) is 0. The number of amides is 2. The van der Waals surface area contributed by atoms with Gasteiger partial charge >= 0.3 is 0 Å². The fourth-order valence-electron chi connectivity index (χ4n) is 1.37. The Morgan fingerprint density at radius 3 is 1.79 bits per heavy atom. The van der Waals surface area contributed by atoms with Crippen molar-refractivity contribution in [1.82, 2.24) is 4.90 Å². The van der Waals surface area contributed by atoms with Crippen LogP contribution >= 0.6 is 0 Å². The van der Waals surface area contributed by atoms with Gasteiger partial charge in [-0.2, -0.15) is 0 Å². The minimum absolute atomic E-state index is 0.231. The minimum atomic E-state index is -0.826. The quantitative estimate of drug-likeness (QED) is 0.654. The topological polar surface area (TPSA) is 57.6 Å². The molecule has 1 N–H and O–H groups in total. The average molecular weight is 197 g/mol. The zero-order valence-electron chi connectivity index (χ0n) is 8.92. The van der Waals surface area contributed by atoms with Crippen molar-refractivity contribution in [2.75, 3.05) is 6.61 Å². The summed E-state index contributed by atoms with van der Waals surface area (Å²) >= 11 is 0. The molecule has 0 atom stereocenters. The van der Waals surface area contributed by atoms with E-state index in [-0.39, 0.29) is 18.4 Å². The van der Waals surface area contributed by atoms with E-state index in [0.717, 1.165) is 4.90 Å². The van der Waals surface area contributed by atoms with E-state index in [4.69, 9.17) is 5.11 Å². The predicted molar refractivity (Wildman–Crippen MR) is 51.4 cm³/mol. The first kappa shape index (κ1) is 10.9. The van der Waals surface area contributed by atoms with Crippen molar-refractivity contribution in [3.8, 4) is 0 Å². The van der Waals surface area contributed by atoms with Gasteiger partial charge in [0.2, 0.25) is 0 Å². The molecule has 4 heteroatoms. The van der Waals surface area contributed by atoms with E-state index in [1.807, 2.05) is 0 Å². The van der Waals surface area contributed by atoms with Crippen LogP contribution < -0.4 is 0 Å². The van der Waals surface area contributed by atoms with Gasteiger partial charge in [0.05, 0.1) is 12.1 Å². The Balaban J connectivity index is 3.10. The van der Waals surface area contributed by atoms with Crippen LogP contribution in [-0.2, 0) is 9.59 Å². The monoisotopic (exact) mass is 197 g/mol. The van der Waals surface area contributed by atoms with Crippen molar-refractivity contribution in [3.05, 3.63) is 11.1 Å². The van der Waals surface area contributed by atoms with E-state index in [1.54, 1.807) is 27.7 Å². The lowest BCUT2D eigenvalue weighted by atomic mass is 10.0. The highest BCUT2D eigenvalue weighted by Gasteiger charge is 2.42. The highest BCUT2D eigenvalue weighted by atomic mass is 16.3. The summed E-state index contributed by atoms with van der Waals surface area (Å²) in [4.78, 5) is 24.5. The zero-order valence-corrected chi connectivity index (χ0v) is 8.92. The summed E-state index contributed by atoms with van der Waals surface area (Å²) < 4.78 is 0. The zero-order chi connectivity index (χ0) is 11.1. The summed E-state index contributed by atoms with van der Waals surface area (Å²) in [7, 11) is 0. The molecular formula is C10H15NO3. The molecule has 0 radical (unpaired) electrons. The van der Waals surface area contributed by atoms with E-state index < -0.39 is 5.54 Å². The Labute approximate surface area is 83.2 Å². The Morgan fingerprint density at radius 1 is 1.14 bits per heavy atom. The Hall–Kier alpha value is -1.16. The van der Waals surface area contributed by atoms with Gasteiger partial charge in [0.15, 0.2) is 0 Å². The summed E-state index contributed by atoms with van der Waals surface area (Å²) in [6, 6.07) is 0. The SMILES string of the molecule is CC1=C(C)C(=O)N(C(C)(C)CO)C1=O. The normalized spacial score (nSPS) is 18.5. The minimum Gasteiger partial charge on any atom is -0.394 e. The number of carbonyl (C=O) groups excluding carboxylic acids is 2. The van der Waals surface area contributed by atoms with E-state index in [2.05, 4.69) is 0 Å². The first-order valence-electron chi connectivity index (χ1n) is 4.50.